The monoisotopic (exact) mass is 765 g/mol. The van der Waals surface area contributed by atoms with Crippen molar-refractivity contribution >= 4 is 65.4 Å². The lowest BCUT2D eigenvalue weighted by Gasteiger charge is -2.36. The lowest BCUT2D eigenvalue weighted by Crippen LogP contribution is -2.57. The summed E-state index contributed by atoms with van der Waals surface area (Å²) in [5, 5.41) is 2.75. The average molecular weight is 766 g/mol. The summed E-state index contributed by atoms with van der Waals surface area (Å²) in [6, 6.07) is 19.1. The highest BCUT2D eigenvalue weighted by molar-refractivity contribution is 14.1. The highest BCUT2D eigenvalue weighted by atomic mass is 127. The van der Waals surface area contributed by atoms with Crippen molar-refractivity contribution in [2.24, 2.45) is 5.41 Å². The molecule has 3 aromatic carbocycles. The molecule has 1 heterocycles. The van der Waals surface area contributed by atoms with Crippen LogP contribution in [0.5, 0.6) is 0 Å². The molecule has 0 aliphatic carbocycles. The van der Waals surface area contributed by atoms with Crippen molar-refractivity contribution in [1.82, 2.24) is 10.2 Å². The first-order chi connectivity index (χ1) is 21.5. The number of hydrogen-bond donors (Lipinski definition) is 3. The van der Waals surface area contributed by atoms with Gasteiger partial charge in [0.25, 0.3) is 5.91 Å². The minimum Gasteiger partial charge on any atom is -0.340 e. The van der Waals surface area contributed by atoms with Gasteiger partial charge in [0.2, 0.25) is 11.8 Å². The van der Waals surface area contributed by atoms with Gasteiger partial charge in [0.1, 0.15) is 12.1 Å². The lowest BCUT2D eigenvalue weighted by atomic mass is 9.85. The minimum absolute atomic E-state index is 0.259. The number of nitrogens with zero attached hydrogens (tertiary/aromatic N) is 2. The molecule has 0 bridgehead atoms. The van der Waals surface area contributed by atoms with Crippen LogP contribution in [0, 0.1) is 8.99 Å². The van der Waals surface area contributed by atoms with Crippen LogP contribution in [0.4, 0.5) is 20.2 Å². The van der Waals surface area contributed by atoms with Gasteiger partial charge in [-0.05, 0) is 88.9 Å². The van der Waals surface area contributed by atoms with Gasteiger partial charge in [-0.1, -0.05) is 63.2 Å². The molecule has 9 nitrogen and oxygen atoms in total. The summed E-state index contributed by atoms with van der Waals surface area (Å²) in [4.78, 5) is 62.3. The summed E-state index contributed by atoms with van der Waals surface area (Å²) in [7, 11) is -5.71. The number of carbonyl (C=O) groups is 3. The number of rotatable bonds is 9. The van der Waals surface area contributed by atoms with Gasteiger partial charge in [0.15, 0.2) is 0 Å². The van der Waals surface area contributed by atoms with Crippen molar-refractivity contribution in [2.45, 2.75) is 51.4 Å². The quantitative estimate of drug-likeness (QED) is 0.131. The van der Waals surface area contributed by atoms with Gasteiger partial charge in [-0.15, -0.1) is 0 Å². The van der Waals surface area contributed by atoms with Gasteiger partial charge < -0.3 is 20.0 Å². The van der Waals surface area contributed by atoms with E-state index in [0.717, 1.165) is 21.8 Å². The molecule has 1 aliphatic rings. The smallest absolute Gasteiger partial charge is 0.340 e. The average Bonchev–Trinajstić information content (AvgIpc) is 3.49. The molecule has 1 fully saturated rings. The van der Waals surface area contributed by atoms with Crippen LogP contribution in [-0.4, -0.2) is 51.0 Å². The van der Waals surface area contributed by atoms with Crippen LogP contribution in [0.25, 0.3) is 6.08 Å². The lowest BCUT2D eigenvalue weighted by molar-refractivity contribution is -0.142. The number of amides is 3. The Kier molecular flexibility index (Phi) is 10.9. The van der Waals surface area contributed by atoms with Gasteiger partial charge in [0.05, 0.1) is 0 Å². The second kappa shape index (κ2) is 14.1. The van der Waals surface area contributed by atoms with E-state index in [0.29, 0.717) is 36.3 Å². The summed E-state index contributed by atoms with van der Waals surface area (Å²) < 4.78 is 40.1. The highest BCUT2D eigenvalue weighted by Gasteiger charge is 2.50. The molecule has 3 amide bonds. The SMILES string of the molecule is CC(C)(C)C(NC(=O)/C=C/c1ccc(C(F)(F)P(=O)(O)O)cc1)C(=O)N1CCCC1C(=O)N(c1ccccc1)c1ccc(I)cc1. The van der Waals surface area contributed by atoms with Crippen LogP contribution in [0.3, 0.4) is 0 Å². The number of carbonyl (C=O) groups excluding carboxylic acids is 3. The van der Waals surface area contributed by atoms with Gasteiger partial charge >= 0.3 is 13.3 Å². The van der Waals surface area contributed by atoms with Crippen LogP contribution in [0.15, 0.2) is 84.9 Å². The van der Waals surface area contributed by atoms with Crippen molar-refractivity contribution < 1.29 is 37.5 Å². The van der Waals surface area contributed by atoms with E-state index in [1.54, 1.807) is 25.7 Å². The molecule has 3 N–H and O–H groups in total. The van der Waals surface area contributed by atoms with Gasteiger partial charge in [0, 0.05) is 33.1 Å². The Morgan fingerprint density at radius 3 is 2.13 bits per heavy atom. The molecular formula is C33H35F2IN3O6P. The third-order valence-electron chi connectivity index (χ3n) is 7.59. The van der Waals surface area contributed by atoms with Crippen molar-refractivity contribution in [3.63, 3.8) is 0 Å². The first-order valence-corrected chi connectivity index (χ1v) is 17.2. The van der Waals surface area contributed by atoms with Crippen molar-refractivity contribution in [2.75, 3.05) is 11.4 Å². The molecule has 0 aromatic heterocycles. The maximum Gasteiger partial charge on any atom is 0.399 e. The van der Waals surface area contributed by atoms with Crippen molar-refractivity contribution in [1.29, 1.82) is 0 Å². The van der Waals surface area contributed by atoms with E-state index in [2.05, 4.69) is 27.9 Å². The van der Waals surface area contributed by atoms with E-state index >= 15 is 0 Å². The molecule has 13 heteroatoms. The molecule has 2 atom stereocenters. The normalized spacial score (nSPS) is 16.3. The third-order valence-corrected chi connectivity index (χ3v) is 9.30. The van der Waals surface area contributed by atoms with Crippen molar-refractivity contribution in [3.05, 3.63) is 99.6 Å². The molecule has 4 rings (SSSR count). The maximum atomic E-state index is 14.2. The Balaban J connectivity index is 1.53. The van der Waals surface area contributed by atoms with Gasteiger partial charge in [-0.25, -0.2) is 0 Å². The molecule has 244 valence electrons. The molecule has 1 saturated heterocycles. The zero-order chi connectivity index (χ0) is 33.9. The van der Waals surface area contributed by atoms with E-state index in [4.69, 9.17) is 9.79 Å². The van der Waals surface area contributed by atoms with E-state index in [1.807, 2.05) is 54.6 Å². The first kappa shape index (κ1) is 35.4. The summed E-state index contributed by atoms with van der Waals surface area (Å²) >= 11 is 2.19. The number of alkyl halides is 2. The summed E-state index contributed by atoms with van der Waals surface area (Å²) in [6.45, 7) is 5.74. The maximum absolute atomic E-state index is 14.2. The molecule has 0 radical (unpaired) electrons. The number of benzene rings is 3. The van der Waals surface area contributed by atoms with E-state index in [1.165, 1.54) is 23.1 Å². The van der Waals surface area contributed by atoms with Gasteiger partial charge in [-0.2, -0.15) is 8.78 Å². The molecule has 3 aromatic rings. The van der Waals surface area contributed by atoms with E-state index in [9.17, 15) is 27.7 Å². The fraction of sp³-hybridized carbons (Fsp3) is 0.303. The first-order valence-electron chi connectivity index (χ1n) is 14.5. The van der Waals surface area contributed by atoms with Crippen LogP contribution < -0.4 is 10.2 Å². The predicted octanol–water partition coefficient (Wildman–Crippen LogP) is 6.42. The zero-order valence-electron chi connectivity index (χ0n) is 25.4. The Labute approximate surface area is 280 Å². The zero-order valence-corrected chi connectivity index (χ0v) is 28.5. The van der Waals surface area contributed by atoms with Gasteiger partial charge in [-0.3, -0.25) is 23.8 Å². The number of nitrogens with one attached hydrogen (secondary N) is 1. The van der Waals surface area contributed by atoms with E-state index in [-0.39, 0.29) is 5.91 Å². The Morgan fingerprint density at radius 2 is 1.57 bits per heavy atom. The second-order valence-corrected chi connectivity index (χ2v) is 14.9. The summed E-state index contributed by atoms with van der Waals surface area (Å²) in [5.41, 5.74) is -4.29. The Hall–Kier alpha value is -3.45. The van der Waals surface area contributed by atoms with Crippen LogP contribution >= 0.6 is 30.2 Å². The van der Waals surface area contributed by atoms with Crippen LogP contribution in [0.1, 0.15) is 44.7 Å². The van der Waals surface area contributed by atoms with E-state index < -0.39 is 48.1 Å². The fourth-order valence-electron chi connectivity index (χ4n) is 5.15. The van der Waals surface area contributed by atoms with Crippen LogP contribution in [0.2, 0.25) is 0 Å². The minimum atomic E-state index is -5.71. The topological polar surface area (TPSA) is 127 Å². The standard InChI is InChI=1S/C33H35F2IN3O6P/c1-32(2,3)29(37-28(40)20-13-22-11-14-23(15-12-22)33(34,35)46(43,44)45)31(42)38-21-7-10-27(38)30(41)39(25-8-5-4-6-9-25)26-18-16-24(36)17-19-26/h4-6,8-9,11-20,27,29H,7,10,21H2,1-3H3,(H,37,40)(H2,43,44,45)/b20-13+. The Bertz CT molecular complexity index is 1640. The van der Waals surface area contributed by atoms with Crippen molar-refractivity contribution in [3.8, 4) is 0 Å². The molecule has 1 aliphatic heterocycles. The number of para-hydroxylation sites is 1. The molecular weight excluding hydrogens is 730 g/mol. The molecule has 2 unspecified atom stereocenters. The second-order valence-electron chi connectivity index (χ2n) is 12.0. The number of halogens is 3. The fourth-order valence-corrected chi connectivity index (χ4v) is 5.99. The van der Waals surface area contributed by atoms with Crippen LogP contribution in [-0.2, 0) is 24.6 Å². The summed E-state index contributed by atoms with van der Waals surface area (Å²) in [5.74, 6) is -1.28. The highest BCUT2D eigenvalue weighted by Crippen LogP contribution is 2.59. The predicted molar refractivity (Wildman–Crippen MR) is 180 cm³/mol. The number of anilines is 2. The third kappa shape index (κ3) is 8.09. The number of likely N-dealkylation sites (tertiary alicyclic amines) is 1. The molecule has 46 heavy (non-hydrogen) atoms. The summed E-state index contributed by atoms with van der Waals surface area (Å²) in [6.07, 6.45) is 3.54. The molecule has 0 saturated carbocycles. The number of hydrogen-bond acceptors (Lipinski definition) is 4. The Morgan fingerprint density at radius 1 is 0.978 bits per heavy atom. The largest absolute Gasteiger partial charge is 0.399 e. The molecule has 0 spiro atoms.